The van der Waals surface area contributed by atoms with E-state index in [1.807, 2.05) is 0 Å². The molecule has 128 valence electrons. The van der Waals surface area contributed by atoms with Gasteiger partial charge in [-0.1, -0.05) is 0 Å². The third-order valence-corrected chi connectivity index (χ3v) is 4.03. The molecule has 0 aliphatic heterocycles. The minimum Gasteiger partial charge on any atom is -0.476 e. The van der Waals surface area contributed by atoms with Gasteiger partial charge in [0.15, 0.2) is 5.69 Å². The van der Waals surface area contributed by atoms with Crippen LogP contribution in [-0.2, 0) is 10.8 Å². The highest BCUT2D eigenvalue weighted by Crippen LogP contribution is 2.28. The molecule has 1 unspecified atom stereocenters. The number of rotatable bonds is 4. The Hall–Kier alpha value is -2.69. The Balaban J connectivity index is 2.33. The number of ether oxygens (including phenoxy) is 1. The summed E-state index contributed by atoms with van der Waals surface area (Å²) >= 11 is 0. The number of aromatic carboxylic acids is 1. The number of alkyl halides is 3. The van der Waals surface area contributed by atoms with Crippen LogP contribution in [0.2, 0.25) is 0 Å². The molecule has 0 aliphatic rings. The number of aromatic nitrogens is 1. The molecule has 1 heterocycles. The topological polar surface area (TPSA) is 103 Å². The summed E-state index contributed by atoms with van der Waals surface area (Å²) in [5.41, 5.74) is 4.70. The molecular weight excluding hydrogens is 356 g/mol. The second kappa shape index (κ2) is 6.43. The van der Waals surface area contributed by atoms with Gasteiger partial charge >= 0.3 is 12.3 Å². The predicted octanol–water partition coefficient (Wildman–Crippen LogP) is 2.57. The maximum Gasteiger partial charge on any atom is 0.573 e. The molecule has 0 saturated carbocycles. The summed E-state index contributed by atoms with van der Waals surface area (Å²) in [6.07, 6.45) is -4.06. The molecule has 3 N–H and O–H groups in total. The van der Waals surface area contributed by atoms with Gasteiger partial charge in [-0.25, -0.2) is 18.4 Å². The number of carboxylic acids is 1. The van der Waals surface area contributed by atoms with Gasteiger partial charge in [0.05, 0.1) is 26.3 Å². The van der Waals surface area contributed by atoms with Crippen molar-refractivity contribution in [1.29, 1.82) is 0 Å². The van der Waals surface area contributed by atoms with Gasteiger partial charge < -0.3 is 15.6 Å². The molecule has 0 amide bonds. The molecule has 24 heavy (non-hydrogen) atoms. The first-order valence-electron chi connectivity index (χ1n) is 6.04. The molecule has 0 bridgehead atoms. The zero-order valence-electron chi connectivity index (χ0n) is 11.5. The van der Waals surface area contributed by atoms with E-state index in [0.717, 1.165) is 24.4 Å². The fourth-order valence-electron chi connectivity index (χ4n) is 1.70. The van der Waals surface area contributed by atoms with Crippen LogP contribution >= 0.6 is 0 Å². The van der Waals surface area contributed by atoms with Crippen LogP contribution in [0.15, 0.2) is 40.3 Å². The average molecular weight is 364 g/mol. The van der Waals surface area contributed by atoms with Crippen LogP contribution in [0.25, 0.3) is 0 Å². The lowest BCUT2D eigenvalue weighted by atomic mass is 10.3. The van der Waals surface area contributed by atoms with Crippen molar-refractivity contribution >= 4 is 22.5 Å². The number of nitrogens with zero attached hydrogens (tertiary/aromatic N) is 1. The van der Waals surface area contributed by atoms with E-state index in [-0.39, 0.29) is 10.6 Å². The molecule has 0 aliphatic carbocycles. The molecule has 0 spiro atoms. The van der Waals surface area contributed by atoms with Gasteiger partial charge in [-0.15, -0.1) is 13.2 Å². The van der Waals surface area contributed by atoms with Crippen LogP contribution in [0, 0.1) is 5.82 Å². The molecule has 2 aromatic rings. The number of nitrogens with two attached hydrogens (primary N) is 1. The third-order valence-electron chi connectivity index (χ3n) is 2.65. The number of anilines is 1. The zero-order valence-corrected chi connectivity index (χ0v) is 12.3. The lowest BCUT2D eigenvalue weighted by Gasteiger charge is -2.10. The number of nitrogen functional groups attached to an aromatic ring is 1. The Labute approximate surface area is 134 Å². The van der Waals surface area contributed by atoms with Gasteiger partial charge in [0.2, 0.25) is 0 Å². The Morgan fingerprint density at radius 2 is 1.96 bits per heavy atom. The SMILES string of the molecule is Nc1cc(S(=O)c2ccc(OC(F)(F)F)cc2F)cnc1C(=O)O. The first-order chi connectivity index (χ1) is 11.1. The van der Waals surface area contributed by atoms with Gasteiger partial charge in [-0.05, 0) is 18.2 Å². The van der Waals surface area contributed by atoms with Gasteiger partial charge in [-0.3, -0.25) is 0 Å². The first kappa shape index (κ1) is 17.7. The quantitative estimate of drug-likeness (QED) is 0.809. The van der Waals surface area contributed by atoms with E-state index < -0.39 is 45.3 Å². The van der Waals surface area contributed by atoms with Crippen molar-refractivity contribution < 1.29 is 36.4 Å². The number of benzene rings is 1. The van der Waals surface area contributed by atoms with Crippen LogP contribution < -0.4 is 10.5 Å². The van der Waals surface area contributed by atoms with Crippen LogP contribution in [0.4, 0.5) is 23.2 Å². The van der Waals surface area contributed by atoms with Crippen LogP contribution in [0.3, 0.4) is 0 Å². The summed E-state index contributed by atoms with van der Waals surface area (Å²) in [7, 11) is -2.17. The van der Waals surface area contributed by atoms with Crippen molar-refractivity contribution in [3.05, 3.63) is 42.0 Å². The summed E-state index contributed by atoms with van der Waals surface area (Å²) in [5, 5.41) is 8.80. The van der Waals surface area contributed by atoms with Crippen LogP contribution in [0.1, 0.15) is 10.5 Å². The molecule has 2 rings (SSSR count). The van der Waals surface area contributed by atoms with Crippen molar-refractivity contribution in [2.75, 3.05) is 5.73 Å². The van der Waals surface area contributed by atoms with Crippen molar-refractivity contribution in [1.82, 2.24) is 4.98 Å². The van der Waals surface area contributed by atoms with Crippen molar-refractivity contribution in [2.24, 2.45) is 0 Å². The minimum atomic E-state index is -4.99. The minimum absolute atomic E-state index is 0.110. The summed E-state index contributed by atoms with van der Waals surface area (Å²) in [6, 6.07) is 3.12. The Bertz CT molecular complexity index is 826. The molecule has 6 nitrogen and oxygen atoms in total. The first-order valence-corrected chi connectivity index (χ1v) is 7.19. The number of hydrogen-bond donors (Lipinski definition) is 2. The van der Waals surface area contributed by atoms with Gasteiger partial charge in [0.1, 0.15) is 11.6 Å². The number of hydrogen-bond acceptors (Lipinski definition) is 5. The molecule has 1 aromatic carbocycles. The van der Waals surface area contributed by atoms with E-state index in [1.54, 1.807) is 0 Å². The largest absolute Gasteiger partial charge is 0.573 e. The van der Waals surface area contributed by atoms with Gasteiger partial charge in [-0.2, -0.15) is 0 Å². The molecule has 11 heteroatoms. The lowest BCUT2D eigenvalue weighted by molar-refractivity contribution is -0.274. The maximum absolute atomic E-state index is 13.9. The smallest absolute Gasteiger partial charge is 0.476 e. The Kier molecular flexibility index (Phi) is 4.73. The Morgan fingerprint density at radius 1 is 1.29 bits per heavy atom. The standard InChI is InChI=1S/C13H8F4N2O4S/c14-8-3-6(23-13(15,16)17)1-2-10(8)24(22)7-4-9(18)11(12(20)21)19-5-7/h1-5H,18H2,(H,20,21). The highest BCUT2D eigenvalue weighted by Gasteiger charge is 2.31. The van der Waals surface area contributed by atoms with E-state index in [9.17, 15) is 26.6 Å². The number of halogens is 4. The fraction of sp³-hybridized carbons (Fsp3) is 0.0769. The summed E-state index contributed by atoms with van der Waals surface area (Å²) in [5.74, 6) is -3.40. The average Bonchev–Trinajstić information content (AvgIpc) is 2.44. The normalized spacial score (nSPS) is 12.7. The van der Waals surface area contributed by atoms with Crippen molar-refractivity contribution in [3.63, 3.8) is 0 Å². The summed E-state index contributed by atoms with van der Waals surface area (Å²) < 4.78 is 65.9. The van der Waals surface area contributed by atoms with Crippen LogP contribution in [-0.4, -0.2) is 26.6 Å². The highest BCUT2D eigenvalue weighted by atomic mass is 32.2. The Morgan fingerprint density at radius 3 is 2.46 bits per heavy atom. The van der Waals surface area contributed by atoms with E-state index in [0.29, 0.717) is 6.07 Å². The molecule has 1 atom stereocenters. The number of carboxylic acid groups (broad SMARTS) is 1. The summed E-state index contributed by atoms with van der Waals surface area (Å²) in [4.78, 5) is 13.8. The molecular formula is C13H8F4N2O4S. The van der Waals surface area contributed by atoms with Crippen molar-refractivity contribution in [3.8, 4) is 5.75 Å². The zero-order chi connectivity index (χ0) is 18.1. The second-order valence-electron chi connectivity index (χ2n) is 4.32. The third kappa shape index (κ3) is 3.98. The van der Waals surface area contributed by atoms with Gasteiger partial charge in [0, 0.05) is 12.3 Å². The van der Waals surface area contributed by atoms with E-state index in [2.05, 4.69) is 9.72 Å². The monoisotopic (exact) mass is 364 g/mol. The van der Waals surface area contributed by atoms with Gasteiger partial charge in [0.25, 0.3) is 0 Å². The van der Waals surface area contributed by atoms with E-state index >= 15 is 0 Å². The summed E-state index contributed by atoms with van der Waals surface area (Å²) in [6.45, 7) is 0. The van der Waals surface area contributed by atoms with Crippen molar-refractivity contribution in [2.45, 2.75) is 16.2 Å². The second-order valence-corrected chi connectivity index (χ2v) is 5.77. The molecule has 0 saturated heterocycles. The predicted molar refractivity (Wildman–Crippen MR) is 73.4 cm³/mol. The highest BCUT2D eigenvalue weighted by molar-refractivity contribution is 7.85. The maximum atomic E-state index is 13.9. The molecule has 0 radical (unpaired) electrons. The molecule has 1 aromatic heterocycles. The van der Waals surface area contributed by atoms with Crippen LogP contribution in [0.5, 0.6) is 5.75 Å². The van der Waals surface area contributed by atoms with E-state index in [1.165, 1.54) is 0 Å². The van der Waals surface area contributed by atoms with E-state index in [4.69, 9.17) is 10.8 Å². The fourth-order valence-corrected chi connectivity index (χ4v) is 2.76. The molecule has 0 fully saturated rings. The number of carbonyl (C=O) groups is 1. The lowest BCUT2D eigenvalue weighted by Crippen LogP contribution is -2.17. The number of pyridine rings is 1.